The first-order valence-corrected chi connectivity index (χ1v) is 6.83. The van der Waals surface area contributed by atoms with Crippen molar-refractivity contribution in [2.75, 3.05) is 0 Å². The lowest BCUT2D eigenvalue weighted by molar-refractivity contribution is 0.571. The van der Waals surface area contributed by atoms with Crippen LogP contribution in [0.15, 0.2) is 60.0 Å². The average molecular weight is 279 g/mol. The third kappa shape index (κ3) is 4.02. The molecule has 0 radical (unpaired) electrons. The van der Waals surface area contributed by atoms with E-state index < -0.39 is 11.1 Å². The van der Waals surface area contributed by atoms with Crippen LogP contribution in [0, 0.1) is 0 Å². The summed E-state index contributed by atoms with van der Waals surface area (Å²) < 4.78 is 16.9. The van der Waals surface area contributed by atoms with E-state index in [0.717, 1.165) is 5.56 Å². The van der Waals surface area contributed by atoms with Crippen molar-refractivity contribution in [1.29, 1.82) is 0 Å². The van der Waals surface area contributed by atoms with Crippen LogP contribution in [-0.2, 0) is 11.1 Å². The summed E-state index contributed by atoms with van der Waals surface area (Å²) in [5, 5.41) is 2.12. The lowest BCUT2D eigenvalue weighted by Gasteiger charge is -2.00. The first kappa shape index (κ1) is 12.9. The maximum absolute atomic E-state index is 11.6. The highest BCUT2D eigenvalue weighted by molar-refractivity contribution is 7.83. The van der Waals surface area contributed by atoms with E-state index in [1.165, 1.54) is 5.41 Å². The Morgan fingerprint density at radius 2 is 1.67 bits per heavy atom. The molecule has 0 N–H and O–H groups in total. The summed E-state index contributed by atoms with van der Waals surface area (Å²) in [7, 11) is 0. The predicted octanol–water partition coefficient (Wildman–Crippen LogP) is 4.05. The van der Waals surface area contributed by atoms with Gasteiger partial charge in [0.1, 0.15) is 5.75 Å². The maximum atomic E-state index is 11.6. The molecule has 0 spiro atoms. The van der Waals surface area contributed by atoms with Crippen LogP contribution in [0.5, 0.6) is 5.75 Å². The standard InChI is InChI=1S/C14H11ClO2S/c15-13-6-8-14(9-7-13)17-18(16)11-10-12-4-2-1-3-5-12/h1-11H. The highest BCUT2D eigenvalue weighted by Gasteiger charge is 1.98. The normalized spacial score (nSPS) is 12.5. The summed E-state index contributed by atoms with van der Waals surface area (Å²) in [6, 6.07) is 16.4. The Morgan fingerprint density at radius 1 is 1.00 bits per heavy atom. The topological polar surface area (TPSA) is 26.3 Å². The quantitative estimate of drug-likeness (QED) is 0.843. The van der Waals surface area contributed by atoms with Crippen molar-refractivity contribution in [2.24, 2.45) is 0 Å². The first-order chi connectivity index (χ1) is 8.74. The minimum atomic E-state index is -1.50. The Labute approximate surface area is 114 Å². The first-order valence-electron chi connectivity index (χ1n) is 5.32. The maximum Gasteiger partial charge on any atom is 0.233 e. The molecular weight excluding hydrogens is 268 g/mol. The van der Waals surface area contributed by atoms with Crippen LogP contribution in [0.25, 0.3) is 6.08 Å². The second kappa shape index (κ2) is 6.38. The van der Waals surface area contributed by atoms with Gasteiger partial charge in [-0.2, -0.15) is 0 Å². The van der Waals surface area contributed by atoms with Gasteiger partial charge in [0.15, 0.2) is 0 Å². The largest absolute Gasteiger partial charge is 0.397 e. The highest BCUT2D eigenvalue weighted by Crippen LogP contribution is 2.16. The molecule has 0 aliphatic heterocycles. The van der Waals surface area contributed by atoms with Gasteiger partial charge in [-0.05, 0) is 35.9 Å². The van der Waals surface area contributed by atoms with Gasteiger partial charge in [-0.1, -0.05) is 41.9 Å². The Hall–Kier alpha value is -1.58. The van der Waals surface area contributed by atoms with Crippen molar-refractivity contribution >= 4 is 28.8 Å². The van der Waals surface area contributed by atoms with Crippen LogP contribution in [0.4, 0.5) is 0 Å². The highest BCUT2D eigenvalue weighted by atomic mass is 35.5. The number of rotatable bonds is 4. The zero-order chi connectivity index (χ0) is 12.8. The molecule has 2 nitrogen and oxygen atoms in total. The molecule has 0 aliphatic carbocycles. The second-order valence-corrected chi connectivity index (χ2v) is 4.91. The summed E-state index contributed by atoms with van der Waals surface area (Å²) in [6.07, 6.45) is 1.76. The lowest BCUT2D eigenvalue weighted by Crippen LogP contribution is -1.95. The van der Waals surface area contributed by atoms with Gasteiger partial charge < -0.3 is 4.18 Å². The van der Waals surface area contributed by atoms with Crippen molar-refractivity contribution in [3.63, 3.8) is 0 Å². The van der Waals surface area contributed by atoms with Crippen LogP contribution >= 0.6 is 11.6 Å². The molecular formula is C14H11ClO2S. The molecule has 92 valence electrons. The lowest BCUT2D eigenvalue weighted by atomic mass is 10.2. The van der Waals surface area contributed by atoms with Crippen molar-refractivity contribution in [2.45, 2.75) is 0 Å². The molecule has 4 heteroatoms. The van der Waals surface area contributed by atoms with Crippen molar-refractivity contribution in [3.8, 4) is 5.75 Å². The molecule has 0 fully saturated rings. The van der Waals surface area contributed by atoms with Gasteiger partial charge in [0.2, 0.25) is 11.1 Å². The van der Waals surface area contributed by atoms with Gasteiger partial charge in [-0.25, -0.2) is 4.21 Å². The van der Waals surface area contributed by atoms with E-state index in [0.29, 0.717) is 10.8 Å². The van der Waals surface area contributed by atoms with Crippen LogP contribution < -0.4 is 4.18 Å². The smallest absolute Gasteiger partial charge is 0.233 e. The van der Waals surface area contributed by atoms with E-state index in [1.807, 2.05) is 30.3 Å². The van der Waals surface area contributed by atoms with Crippen molar-refractivity contribution in [1.82, 2.24) is 0 Å². The number of halogens is 1. The van der Waals surface area contributed by atoms with Crippen LogP contribution in [0.1, 0.15) is 5.56 Å². The SMILES string of the molecule is O=S(C=Cc1ccccc1)Oc1ccc(Cl)cc1. The molecule has 1 atom stereocenters. The van der Waals surface area contributed by atoms with Crippen molar-refractivity contribution < 1.29 is 8.39 Å². The summed E-state index contributed by atoms with van der Waals surface area (Å²) in [4.78, 5) is 0. The fourth-order valence-electron chi connectivity index (χ4n) is 1.31. The number of hydrogen-bond acceptors (Lipinski definition) is 2. The van der Waals surface area contributed by atoms with Gasteiger partial charge in [0.05, 0.1) is 0 Å². The van der Waals surface area contributed by atoms with Gasteiger partial charge in [0.25, 0.3) is 0 Å². The zero-order valence-corrected chi connectivity index (χ0v) is 11.0. The van der Waals surface area contributed by atoms with Gasteiger partial charge in [-0.15, -0.1) is 0 Å². The van der Waals surface area contributed by atoms with E-state index in [-0.39, 0.29) is 0 Å². The molecule has 2 aromatic carbocycles. The third-order valence-corrected chi connectivity index (χ3v) is 3.13. The van der Waals surface area contributed by atoms with E-state index in [4.69, 9.17) is 15.8 Å². The minimum Gasteiger partial charge on any atom is -0.397 e. The Morgan fingerprint density at radius 3 is 2.33 bits per heavy atom. The second-order valence-electron chi connectivity index (χ2n) is 3.51. The van der Waals surface area contributed by atoms with E-state index in [2.05, 4.69) is 0 Å². The van der Waals surface area contributed by atoms with E-state index in [9.17, 15) is 4.21 Å². The molecule has 0 saturated carbocycles. The summed E-state index contributed by atoms with van der Waals surface area (Å²) in [5.41, 5.74) is 0.977. The summed E-state index contributed by atoms with van der Waals surface area (Å²) in [6.45, 7) is 0. The van der Waals surface area contributed by atoms with Gasteiger partial charge in [-0.3, -0.25) is 0 Å². The third-order valence-electron chi connectivity index (χ3n) is 2.16. The number of benzene rings is 2. The molecule has 0 amide bonds. The molecule has 0 aromatic heterocycles. The average Bonchev–Trinajstić information content (AvgIpc) is 2.40. The molecule has 0 aliphatic rings. The molecule has 0 heterocycles. The minimum absolute atomic E-state index is 0.524. The fourth-order valence-corrected chi connectivity index (χ4v) is 2.06. The molecule has 0 saturated heterocycles. The number of hydrogen-bond donors (Lipinski definition) is 0. The summed E-state index contributed by atoms with van der Waals surface area (Å²) in [5.74, 6) is 0.524. The zero-order valence-electron chi connectivity index (χ0n) is 9.45. The van der Waals surface area contributed by atoms with Crippen LogP contribution in [0.2, 0.25) is 5.02 Å². The Kier molecular flexibility index (Phi) is 4.56. The fraction of sp³-hybridized carbons (Fsp3) is 0. The van der Waals surface area contributed by atoms with Crippen LogP contribution in [0.3, 0.4) is 0 Å². The molecule has 2 rings (SSSR count). The Balaban J connectivity index is 1.97. The van der Waals surface area contributed by atoms with E-state index in [1.54, 1.807) is 30.3 Å². The molecule has 18 heavy (non-hydrogen) atoms. The van der Waals surface area contributed by atoms with Gasteiger partial charge >= 0.3 is 0 Å². The molecule has 0 bridgehead atoms. The molecule has 1 unspecified atom stereocenters. The summed E-state index contributed by atoms with van der Waals surface area (Å²) >= 11 is 4.24. The van der Waals surface area contributed by atoms with E-state index >= 15 is 0 Å². The monoisotopic (exact) mass is 278 g/mol. The Bertz CT molecular complexity index is 550. The molecule has 2 aromatic rings. The predicted molar refractivity (Wildman–Crippen MR) is 75.7 cm³/mol. The van der Waals surface area contributed by atoms with Crippen molar-refractivity contribution in [3.05, 3.63) is 70.6 Å². The van der Waals surface area contributed by atoms with Crippen LogP contribution in [-0.4, -0.2) is 4.21 Å². The van der Waals surface area contributed by atoms with Gasteiger partial charge in [0, 0.05) is 10.4 Å².